The van der Waals surface area contributed by atoms with E-state index in [-0.39, 0.29) is 12.5 Å². The van der Waals surface area contributed by atoms with Crippen molar-refractivity contribution >= 4 is 32.7 Å². The van der Waals surface area contributed by atoms with Crippen molar-refractivity contribution in [1.29, 1.82) is 0 Å². The Morgan fingerprint density at radius 3 is 2.32 bits per heavy atom. The fourth-order valence-electron chi connectivity index (χ4n) is 4.13. The van der Waals surface area contributed by atoms with Crippen LogP contribution in [0.1, 0.15) is 35.3 Å². The van der Waals surface area contributed by atoms with E-state index < -0.39 is 0 Å². The van der Waals surface area contributed by atoms with Crippen LogP contribution in [0.3, 0.4) is 0 Å². The number of aryl methyl sites for hydroxylation is 1. The maximum absolute atomic E-state index is 13.6. The van der Waals surface area contributed by atoms with Gasteiger partial charge in [0, 0.05) is 25.5 Å². The van der Waals surface area contributed by atoms with Crippen LogP contribution >= 0.6 is 15.9 Å². The minimum Gasteiger partial charge on any atom is -0.497 e. The number of carbonyl (C=O) groups excluding carboxylic acids is 1. The van der Waals surface area contributed by atoms with Crippen molar-refractivity contribution in [1.82, 2.24) is 9.47 Å². The van der Waals surface area contributed by atoms with Gasteiger partial charge in [-0.3, -0.25) is 4.79 Å². The Morgan fingerprint density at radius 2 is 1.68 bits per heavy atom. The molecule has 1 saturated heterocycles. The van der Waals surface area contributed by atoms with E-state index in [0.717, 1.165) is 58.5 Å². The molecule has 6 nitrogen and oxygen atoms in total. The fraction of sp³-hybridized carbons (Fsp3) is 0.375. The number of carbonyl (C=O) groups is 1. The highest BCUT2D eigenvalue weighted by molar-refractivity contribution is 9.10. The number of amides is 1. The molecule has 0 saturated carbocycles. The average Bonchev–Trinajstić information content (AvgIpc) is 3.08. The number of nitrogens with zero attached hydrogens (tertiary/aromatic N) is 2. The molecule has 0 atom stereocenters. The zero-order chi connectivity index (χ0) is 22.0. The molecule has 1 aromatic heterocycles. The normalized spacial score (nSPS) is 14.0. The summed E-state index contributed by atoms with van der Waals surface area (Å²) in [6, 6.07) is 11.4. The molecular formula is C24H27BrN2O4. The third-order valence-corrected chi connectivity index (χ3v) is 6.51. The zero-order valence-electron chi connectivity index (χ0n) is 18.1. The van der Waals surface area contributed by atoms with Crippen LogP contribution in [0.25, 0.3) is 10.9 Å². The molecule has 0 N–H and O–H groups in total. The third-order valence-electron chi connectivity index (χ3n) is 5.89. The van der Waals surface area contributed by atoms with Crippen molar-refractivity contribution < 1.29 is 19.0 Å². The van der Waals surface area contributed by atoms with E-state index in [1.54, 1.807) is 14.2 Å². The van der Waals surface area contributed by atoms with Crippen LogP contribution in [-0.2, 0) is 13.7 Å². The number of ether oxygens (including phenoxy) is 3. The molecule has 0 spiro atoms. The van der Waals surface area contributed by atoms with Crippen molar-refractivity contribution in [3.63, 3.8) is 0 Å². The SMILES string of the molecule is COc1ccc(OCc2c(C(=O)N3CCCCC3)c3cc(OC)c(Br)cc3n2C)cc1. The summed E-state index contributed by atoms with van der Waals surface area (Å²) in [5, 5.41) is 0.881. The summed E-state index contributed by atoms with van der Waals surface area (Å²) in [5.41, 5.74) is 2.50. The number of aromatic nitrogens is 1. The summed E-state index contributed by atoms with van der Waals surface area (Å²) in [6.45, 7) is 1.87. The van der Waals surface area contributed by atoms with Gasteiger partial charge >= 0.3 is 0 Å². The predicted molar refractivity (Wildman–Crippen MR) is 124 cm³/mol. The molecule has 3 aromatic rings. The highest BCUT2D eigenvalue weighted by Gasteiger charge is 2.27. The molecule has 0 aliphatic carbocycles. The largest absolute Gasteiger partial charge is 0.497 e. The lowest BCUT2D eigenvalue weighted by Gasteiger charge is -2.27. The van der Waals surface area contributed by atoms with Crippen LogP contribution < -0.4 is 14.2 Å². The lowest BCUT2D eigenvalue weighted by molar-refractivity contribution is 0.0723. The molecule has 1 fully saturated rings. The first-order valence-corrected chi connectivity index (χ1v) is 11.2. The number of halogens is 1. The maximum atomic E-state index is 13.6. The van der Waals surface area contributed by atoms with Gasteiger partial charge in [-0.15, -0.1) is 0 Å². The molecule has 0 radical (unpaired) electrons. The van der Waals surface area contributed by atoms with Crippen LogP contribution in [-0.4, -0.2) is 42.7 Å². The van der Waals surface area contributed by atoms with Crippen molar-refractivity contribution in [2.24, 2.45) is 7.05 Å². The lowest BCUT2D eigenvalue weighted by Crippen LogP contribution is -2.36. The first-order valence-electron chi connectivity index (χ1n) is 10.4. The molecule has 2 heterocycles. The van der Waals surface area contributed by atoms with Gasteiger partial charge in [-0.2, -0.15) is 0 Å². The van der Waals surface area contributed by atoms with Gasteiger partial charge in [0.25, 0.3) is 5.91 Å². The summed E-state index contributed by atoms with van der Waals surface area (Å²) in [4.78, 5) is 15.6. The highest BCUT2D eigenvalue weighted by Crippen LogP contribution is 2.36. The van der Waals surface area contributed by atoms with E-state index in [2.05, 4.69) is 15.9 Å². The number of fused-ring (bicyclic) bond motifs is 1. The molecule has 31 heavy (non-hydrogen) atoms. The Morgan fingerprint density at radius 1 is 1.00 bits per heavy atom. The molecule has 1 aliphatic rings. The van der Waals surface area contributed by atoms with E-state index in [1.807, 2.05) is 52.9 Å². The molecule has 4 rings (SSSR count). The molecule has 1 amide bonds. The third kappa shape index (κ3) is 4.24. The first-order chi connectivity index (χ1) is 15.0. The van der Waals surface area contributed by atoms with Gasteiger partial charge in [0.15, 0.2) is 0 Å². The summed E-state index contributed by atoms with van der Waals surface area (Å²) in [6.07, 6.45) is 3.26. The van der Waals surface area contributed by atoms with Crippen LogP contribution in [0.4, 0.5) is 0 Å². The van der Waals surface area contributed by atoms with Crippen molar-refractivity contribution in [3.8, 4) is 17.2 Å². The molecule has 2 aromatic carbocycles. The minimum absolute atomic E-state index is 0.0583. The predicted octanol–water partition coefficient (Wildman–Crippen LogP) is 5.16. The first kappa shape index (κ1) is 21.6. The number of benzene rings is 2. The summed E-state index contributed by atoms with van der Waals surface area (Å²) >= 11 is 3.57. The fourth-order valence-corrected chi connectivity index (χ4v) is 4.63. The topological polar surface area (TPSA) is 52.9 Å². The Kier molecular flexibility index (Phi) is 6.41. The van der Waals surface area contributed by atoms with Crippen LogP contribution in [0.15, 0.2) is 40.9 Å². The Labute approximate surface area is 190 Å². The van der Waals surface area contributed by atoms with Gasteiger partial charge < -0.3 is 23.7 Å². The number of likely N-dealkylation sites (tertiary alicyclic amines) is 1. The van der Waals surface area contributed by atoms with Crippen molar-refractivity contribution in [3.05, 3.63) is 52.1 Å². The Hall–Kier alpha value is -2.67. The minimum atomic E-state index is 0.0583. The van der Waals surface area contributed by atoms with Gasteiger partial charge in [0.2, 0.25) is 0 Å². The monoisotopic (exact) mass is 486 g/mol. The molecule has 164 valence electrons. The average molecular weight is 487 g/mol. The molecule has 0 bridgehead atoms. The molecule has 7 heteroatoms. The van der Waals surface area contributed by atoms with Crippen molar-refractivity contribution in [2.45, 2.75) is 25.9 Å². The Bertz CT molecular complexity index is 1090. The smallest absolute Gasteiger partial charge is 0.256 e. The standard InChI is InChI=1S/C24H27BrN2O4/c1-26-20-14-19(25)22(30-3)13-18(20)23(24(28)27-11-5-4-6-12-27)21(26)15-31-17-9-7-16(29-2)8-10-17/h7-10,13-14H,4-6,11-12,15H2,1-3H3. The summed E-state index contributed by atoms with van der Waals surface area (Å²) in [7, 11) is 5.24. The van der Waals surface area contributed by atoms with Crippen LogP contribution in [0.2, 0.25) is 0 Å². The number of rotatable bonds is 6. The van der Waals surface area contributed by atoms with E-state index >= 15 is 0 Å². The van der Waals surface area contributed by atoms with E-state index in [4.69, 9.17) is 14.2 Å². The van der Waals surface area contributed by atoms with Gasteiger partial charge in [0.05, 0.1) is 35.5 Å². The molecule has 0 unspecified atom stereocenters. The van der Waals surface area contributed by atoms with E-state index in [9.17, 15) is 4.79 Å². The number of piperidine rings is 1. The van der Waals surface area contributed by atoms with Crippen LogP contribution in [0.5, 0.6) is 17.2 Å². The van der Waals surface area contributed by atoms with Crippen LogP contribution in [0, 0.1) is 0 Å². The van der Waals surface area contributed by atoms with Crippen molar-refractivity contribution in [2.75, 3.05) is 27.3 Å². The van der Waals surface area contributed by atoms with Gasteiger partial charge in [-0.1, -0.05) is 0 Å². The highest BCUT2D eigenvalue weighted by atomic mass is 79.9. The number of methoxy groups -OCH3 is 2. The second-order valence-electron chi connectivity index (χ2n) is 7.70. The number of hydrogen-bond donors (Lipinski definition) is 0. The summed E-state index contributed by atoms with van der Waals surface area (Å²) in [5.74, 6) is 2.26. The second kappa shape index (κ2) is 9.22. The molecular weight excluding hydrogens is 460 g/mol. The van der Waals surface area contributed by atoms with Gasteiger partial charge in [-0.25, -0.2) is 0 Å². The molecule has 1 aliphatic heterocycles. The quantitative estimate of drug-likeness (QED) is 0.482. The van der Waals surface area contributed by atoms with Gasteiger partial charge in [-0.05, 0) is 71.6 Å². The maximum Gasteiger partial charge on any atom is 0.256 e. The van der Waals surface area contributed by atoms with E-state index in [0.29, 0.717) is 11.3 Å². The van der Waals surface area contributed by atoms with E-state index in [1.165, 1.54) is 6.42 Å². The number of hydrogen-bond acceptors (Lipinski definition) is 4. The summed E-state index contributed by atoms with van der Waals surface area (Å²) < 4.78 is 19.7. The van der Waals surface area contributed by atoms with Gasteiger partial charge in [0.1, 0.15) is 23.9 Å². The second-order valence-corrected chi connectivity index (χ2v) is 8.56. The Balaban J connectivity index is 1.75. The lowest BCUT2D eigenvalue weighted by atomic mass is 10.1. The zero-order valence-corrected chi connectivity index (χ0v) is 19.7.